The fourth-order valence-corrected chi connectivity index (χ4v) is 3.27. The lowest BCUT2D eigenvalue weighted by Gasteiger charge is -2.17. The number of methoxy groups -OCH3 is 1. The van der Waals surface area contributed by atoms with Gasteiger partial charge in [-0.15, -0.1) is 0 Å². The van der Waals surface area contributed by atoms with E-state index in [1.807, 2.05) is 30.3 Å². The highest BCUT2D eigenvalue weighted by Crippen LogP contribution is 2.30. The van der Waals surface area contributed by atoms with E-state index in [0.717, 1.165) is 37.4 Å². The number of pyridine rings is 1. The molecule has 0 saturated carbocycles. The number of benzene rings is 1. The molecular formula is C19H20N4O2. The fourth-order valence-electron chi connectivity index (χ4n) is 3.27. The molecule has 25 heavy (non-hydrogen) atoms. The van der Waals surface area contributed by atoms with Crippen LogP contribution in [0.3, 0.4) is 0 Å². The van der Waals surface area contributed by atoms with Crippen LogP contribution in [0.4, 0.5) is 0 Å². The summed E-state index contributed by atoms with van der Waals surface area (Å²) < 4.78 is 11.0. The lowest BCUT2D eigenvalue weighted by atomic mass is 10.1. The van der Waals surface area contributed by atoms with E-state index in [2.05, 4.69) is 26.1 Å². The summed E-state index contributed by atoms with van der Waals surface area (Å²) in [5.41, 5.74) is 2.13. The van der Waals surface area contributed by atoms with E-state index < -0.39 is 0 Å². The monoisotopic (exact) mass is 336 g/mol. The van der Waals surface area contributed by atoms with Crippen LogP contribution in [0.5, 0.6) is 5.75 Å². The summed E-state index contributed by atoms with van der Waals surface area (Å²) >= 11 is 0. The number of likely N-dealkylation sites (tertiary alicyclic amines) is 1. The predicted octanol–water partition coefficient (Wildman–Crippen LogP) is 3.13. The smallest absolute Gasteiger partial charge is 0.231 e. The number of aromatic nitrogens is 3. The predicted molar refractivity (Wildman–Crippen MR) is 93.2 cm³/mol. The second-order valence-corrected chi connectivity index (χ2v) is 6.22. The van der Waals surface area contributed by atoms with Crippen LogP contribution in [0.25, 0.3) is 11.4 Å². The summed E-state index contributed by atoms with van der Waals surface area (Å²) in [5, 5.41) is 4.12. The summed E-state index contributed by atoms with van der Waals surface area (Å²) in [6.45, 7) is 2.79. The van der Waals surface area contributed by atoms with Crippen molar-refractivity contribution < 1.29 is 9.26 Å². The van der Waals surface area contributed by atoms with Crippen LogP contribution >= 0.6 is 0 Å². The highest BCUT2D eigenvalue weighted by Gasteiger charge is 2.29. The zero-order chi connectivity index (χ0) is 17.1. The van der Waals surface area contributed by atoms with Crippen LogP contribution in [0.1, 0.15) is 23.8 Å². The molecule has 6 heteroatoms. The molecule has 3 heterocycles. The van der Waals surface area contributed by atoms with Crippen LogP contribution < -0.4 is 4.74 Å². The highest BCUT2D eigenvalue weighted by molar-refractivity contribution is 5.52. The van der Waals surface area contributed by atoms with Crippen LogP contribution in [-0.2, 0) is 6.54 Å². The molecule has 1 aliphatic heterocycles. The maximum atomic E-state index is 5.51. The maximum Gasteiger partial charge on any atom is 0.231 e. The zero-order valence-electron chi connectivity index (χ0n) is 14.1. The van der Waals surface area contributed by atoms with Crippen LogP contribution in [0.15, 0.2) is 53.3 Å². The molecule has 0 unspecified atom stereocenters. The molecule has 3 aromatic rings. The molecule has 0 radical (unpaired) electrons. The van der Waals surface area contributed by atoms with E-state index in [1.54, 1.807) is 19.5 Å². The van der Waals surface area contributed by atoms with Crippen molar-refractivity contribution in [2.75, 3.05) is 20.2 Å². The van der Waals surface area contributed by atoms with Gasteiger partial charge in [0, 0.05) is 36.6 Å². The summed E-state index contributed by atoms with van der Waals surface area (Å²) in [6, 6.07) is 11.9. The van der Waals surface area contributed by atoms with Crippen molar-refractivity contribution >= 4 is 0 Å². The molecule has 0 amide bonds. The number of hydrogen-bond donors (Lipinski definition) is 0. The highest BCUT2D eigenvalue weighted by atomic mass is 16.5. The molecule has 1 aromatic carbocycles. The fraction of sp³-hybridized carbons (Fsp3) is 0.316. The number of rotatable bonds is 5. The van der Waals surface area contributed by atoms with Gasteiger partial charge in [-0.2, -0.15) is 4.98 Å². The lowest BCUT2D eigenvalue weighted by molar-refractivity contribution is 0.303. The lowest BCUT2D eigenvalue weighted by Crippen LogP contribution is -2.20. The largest absolute Gasteiger partial charge is 0.496 e. The third kappa shape index (κ3) is 3.39. The minimum Gasteiger partial charge on any atom is -0.496 e. The summed E-state index contributed by atoms with van der Waals surface area (Å²) in [7, 11) is 1.71. The molecule has 2 aromatic heterocycles. The molecule has 0 bridgehead atoms. The first-order valence-corrected chi connectivity index (χ1v) is 8.42. The van der Waals surface area contributed by atoms with Crippen molar-refractivity contribution in [1.29, 1.82) is 0 Å². The zero-order valence-corrected chi connectivity index (χ0v) is 14.1. The molecule has 6 nitrogen and oxygen atoms in total. The quantitative estimate of drug-likeness (QED) is 0.713. The van der Waals surface area contributed by atoms with Crippen molar-refractivity contribution in [1.82, 2.24) is 20.0 Å². The van der Waals surface area contributed by atoms with Gasteiger partial charge in [-0.05, 0) is 31.2 Å². The van der Waals surface area contributed by atoms with Crippen molar-refractivity contribution in [3.05, 3.63) is 60.2 Å². The van der Waals surface area contributed by atoms with Gasteiger partial charge in [0.25, 0.3) is 0 Å². The van der Waals surface area contributed by atoms with Gasteiger partial charge in [0.1, 0.15) is 5.75 Å². The molecule has 0 aliphatic carbocycles. The van der Waals surface area contributed by atoms with Gasteiger partial charge in [-0.25, -0.2) is 0 Å². The number of para-hydroxylation sites is 1. The topological polar surface area (TPSA) is 64.3 Å². The number of ether oxygens (including phenoxy) is 1. The van der Waals surface area contributed by atoms with E-state index in [1.165, 1.54) is 5.56 Å². The van der Waals surface area contributed by atoms with E-state index >= 15 is 0 Å². The third-order valence-corrected chi connectivity index (χ3v) is 4.59. The van der Waals surface area contributed by atoms with Gasteiger partial charge in [0.05, 0.1) is 13.0 Å². The van der Waals surface area contributed by atoms with E-state index in [9.17, 15) is 0 Å². The SMILES string of the molecule is COc1ccccc1CN1CC[C@@H](c2nc(-c3ccncc3)no2)C1. The molecule has 1 aliphatic rings. The molecule has 1 fully saturated rings. The Balaban J connectivity index is 1.43. The Kier molecular flexibility index (Phi) is 4.43. The first-order valence-electron chi connectivity index (χ1n) is 8.42. The van der Waals surface area contributed by atoms with Gasteiger partial charge >= 0.3 is 0 Å². The molecule has 1 atom stereocenters. The first-order chi connectivity index (χ1) is 12.3. The normalized spacial score (nSPS) is 17.7. The van der Waals surface area contributed by atoms with Gasteiger partial charge in [0.15, 0.2) is 0 Å². The Hall–Kier alpha value is -2.73. The van der Waals surface area contributed by atoms with E-state index in [-0.39, 0.29) is 5.92 Å². The number of hydrogen-bond acceptors (Lipinski definition) is 6. The molecule has 0 N–H and O–H groups in total. The average molecular weight is 336 g/mol. The molecule has 128 valence electrons. The number of nitrogens with zero attached hydrogens (tertiary/aromatic N) is 4. The summed E-state index contributed by atoms with van der Waals surface area (Å²) in [6.07, 6.45) is 4.49. The van der Waals surface area contributed by atoms with E-state index in [0.29, 0.717) is 11.7 Å². The maximum absolute atomic E-state index is 5.51. The Morgan fingerprint density at radius 1 is 1.20 bits per heavy atom. The summed E-state index contributed by atoms with van der Waals surface area (Å²) in [5.74, 6) is 2.55. The van der Waals surface area contributed by atoms with Crippen LogP contribution in [0.2, 0.25) is 0 Å². The van der Waals surface area contributed by atoms with Crippen molar-refractivity contribution in [3.8, 4) is 17.1 Å². The Labute approximate surface area is 146 Å². The van der Waals surface area contributed by atoms with Crippen molar-refractivity contribution in [2.45, 2.75) is 18.9 Å². The molecule has 0 spiro atoms. The minimum absolute atomic E-state index is 0.276. The second-order valence-electron chi connectivity index (χ2n) is 6.22. The van der Waals surface area contributed by atoms with Crippen LogP contribution in [0, 0.1) is 0 Å². The molecular weight excluding hydrogens is 316 g/mol. The van der Waals surface area contributed by atoms with E-state index in [4.69, 9.17) is 9.26 Å². The van der Waals surface area contributed by atoms with Gasteiger partial charge in [0.2, 0.25) is 11.7 Å². The summed E-state index contributed by atoms with van der Waals surface area (Å²) in [4.78, 5) is 11.0. The minimum atomic E-state index is 0.276. The third-order valence-electron chi connectivity index (χ3n) is 4.59. The van der Waals surface area contributed by atoms with Gasteiger partial charge in [-0.3, -0.25) is 9.88 Å². The first kappa shape index (κ1) is 15.8. The van der Waals surface area contributed by atoms with Crippen LogP contribution in [-0.4, -0.2) is 40.2 Å². The average Bonchev–Trinajstić information content (AvgIpc) is 3.32. The Morgan fingerprint density at radius 2 is 2.04 bits per heavy atom. The molecule has 4 rings (SSSR count). The van der Waals surface area contributed by atoms with Crippen molar-refractivity contribution in [3.63, 3.8) is 0 Å². The Morgan fingerprint density at radius 3 is 2.88 bits per heavy atom. The Bertz CT molecular complexity index is 834. The van der Waals surface area contributed by atoms with Gasteiger partial charge in [-0.1, -0.05) is 23.4 Å². The van der Waals surface area contributed by atoms with Gasteiger partial charge < -0.3 is 9.26 Å². The van der Waals surface area contributed by atoms with Crippen molar-refractivity contribution in [2.24, 2.45) is 0 Å². The standard InChI is InChI=1S/C19H20N4O2/c1-24-17-5-3-2-4-15(17)12-23-11-8-16(13-23)19-21-18(22-25-19)14-6-9-20-10-7-14/h2-7,9-10,16H,8,11-13H2,1H3/t16-/m1/s1. The molecule has 1 saturated heterocycles. The second kappa shape index (κ2) is 7.03.